The quantitative estimate of drug-likeness (QED) is 0.759. The third-order valence-electron chi connectivity index (χ3n) is 2.54. The van der Waals surface area contributed by atoms with Crippen molar-refractivity contribution in [1.29, 1.82) is 0 Å². The molecule has 72 valence electrons. The summed E-state index contributed by atoms with van der Waals surface area (Å²) in [6, 6.07) is 0. The summed E-state index contributed by atoms with van der Waals surface area (Å²) in [6.07, 6.45) is 1.14. The Hall–Kier alpha value is -0.710. The molecule has 1 N–H and O–H groups in total. The lowest BCUT2D eigenvalue weighted by atomic mass is 10.3. The fourth-order valence-electron chi connectivity index (χ4n) is 1.60. The number of nitrogens with one attached hydrogen (secondary N) is 1. The molecule has 1 aliphatic carbocycles. The zero-order valence-corrected chi connectivity index (χ0v) is 8.27. The Morgan fingerprint density at radius 3 is 3.00 bits per heavy atom. The monoisotopic (exact) mass is 201 g/mol. The molecule has 1 aliphatic rings. The second-order valence-corrected chi connectivity index (χ2v) is 3.93. The van der Waals surface area contributed by atoms with E-state index < -0.39 is 0 Å². The van der Waals surface area contributed by atoms with Crippen LogP contribution >= 0.6 is 12.2 Å². The van der Waals surface area contributed by atoms with Crippen molar-refractivity contribution in [3.63, 3.8) is 0 Å². The van der Waals surface area contributed by atoms with Crippen molar-refractivity contribution in [2.24, 2.45) is 5.92 Å². The lowest BCUT2D eigenvalue weighted by Crippen LogP contribution is -2.04. The maximum Gasteiger partial charge on any atom is 0.195 e. The lowest BCUT2D eigenvalue weighted by Gasteiger charge is -2.01. The minimum absolute atomic E-state index is 0.327. The van der Waals surface area contributed by atoms with Gasteiger partial charge in [0.25, 0.3) is 0 Å². The molecule has 0 aliphatic heterocycles. The molecule has 0 aromatic carbocycles. The molecule has 2 atom stereocenters. The van der Waals surface area contributed by atoms with E-state index in [0.717, 1.165) is 12.2 Å². The van der Waals surface area contributed by atoms with Gasteiger partial charge in [-0.05, 0) is 24.6 Å². The van der Waals surface area contributed by atoms with Crippen LogP contribution in [0.15, 0.2) is 0 Å². The minimum Gasteiger partial charge on any atom is -0.301 e. The summed E-state index contributed by atoms with van der Waals surface area (Å²) < 4.78 is 14.5. The number of rotatable bonds is 3. The molecule has 2 unspecified atom stereocenters. The Morgan fingerprint density at radius 2 is 2.46 bits per heavy atom. The van der Waals surface area contributed by atoms with Crippen molar-refractivity contribution in [2.45, 2.75) is 25.8 Å². The van der Waals surface area contributed by atoms with Gasteiger partial charge in [0, 0.05) is 5.92 Å². The number of halogens is 1. The summed E-state index contributed by atoms with van der Waals surface area (Å²) in [4.78, 5) is 0. The van der Waals surface area contributed by atoms with Gasteiger partial charge in [-0.15, -0.1) is 0 Å². The molecule has 0 radical (unpaired) electrons. The number of aromatic nitrogens is 3. The molecule has 1 aromatic heterocycles. The fraction of sp³-hybridized carbons (Fsp3) is 0.750. The van der Waals surface area contributed by atoms with E-state index in [4.69, 9.17) is 12.2 Å². The number of alkyl halides is 1. The largest absolute Gasteiger partial charge is 0.301 e. The van der Waals surface area contributed by atoms with Gasteiger partial charge in [0.2, 0.25) is 0 Å². The molecule has 1 fully saturated rings. The van der Waals surface area contributed by atoms with Crippen molar-refractivity contribution < 1.29 is 4.39 Å². The first-order valence-corrected chi connectivity index (χ1v) is 4.86. The van der Waals surface area contributed by atoms with Crippen LogP contribution in [0, 0.1) is 10.7 Å². The summed E-state index contributed by atoms with van der Waals surface area (Å²) >= 11 is 5.00. The highest BCUT2D eigenvalue weighted by Gasteiger charge is 2.37. The van der Waals surface area contributed by atoms with Crippen molar-refractivity contribution in [3.05, 3.63) is 10.6 Å². The number of aromatic amines is 1. The zero-order valence-electron chi connectivity index (χ0n) is 7.46. The van der Waals surface area contributed by atoms with Crippen LogP contribution in [0.3, 0.4) is 0 Å². The van der Waals surface area contributed by atoms with Crippen molar-refractivity contribution >= 4 is 12.2 Å². The Kier molecular flexibility index (Phi) is 2.19. The molecule has 1 saturated carbocycles. The van der Waals surface area contributed by atoms with Crippen LogP contribution in [0.4, 0.5) is 4.39 Å². The van der Waals surface area contributed by atoms with E-state index in [-0.39, 0.29) is 6.67 Å². The predicted molar refractivity (Wildman–Crippen MR) is 49.9 cm³/mol. The van der Waals surface area contributed by atoms with Gasteiger partial charge in [-0.3, -0.25) is 5.10 Å². The molecule has 0 amide bonds. The number of hydrogen-bond donors (Lipinski definition) is 1. The van der Waals surface area contributed by atoms with Crippen molar-refractivity contribution in [2.75, 3.05) is 6.67 Å². The summed E-state index contributed by atoms with van der Waals surface area (Å²) in [7, 11) is 0. The van der Waals surface area contributed by atoms with E-state index in [1.807, 2.05) is 0 Å². The number of nitrogens with zero attached hydrogens (tertiary/aromatic N) is 2. The molecule has 0 spiro atoms. The molecule has 5 heteroatoms. The van der Waals surface area contributed by atoms with Gasteiger partial charge in [0.05, 0.1) is 6.54 Å². The first kappa shape index (κ1) is 8.87. The van der Waals surface area contributed by atoms with Crippen molar-refractivity contribution in [3.8, 4) is 0 Å². The first-order chi connectivity index (χ1) is 6.24. The smallest absolute Gasteiger partial charge is 0.195 e. The van der Waals surface area contributed by atoms with Crippen LogP contribution < -0.4 is 0 Å². The molecule has 3 nitrogen and oxygen atoms in total. The van der Waals surface area contributed by atoms with Crippen molar-refractivity contribution in [1.82, 2.24) is 14.8 Å². The molecule has 0 saturated heterocycles. The Morgan fingerprint density at radius 1 is 1.77 bits per heavy atom. The summed E-state index contributed by atoms with van der Waals surface area (Å²) in [5.41, 5.74) is 0. The normalized spacial score (nSPS) is 26.3. The fourth-order valence-corrected chi connectivity index (χ4v) is 1.83. The van der Waals surface area contributed by atoms with Gasteiger partial charge < -0.3 is 4.57 Å². The second-order valence-electron chi connectivity index (χ2n) is 3.55. The third kappa shape index (κ3) is 1.52. The minimum atomic E-state index is -0.387. The van der Waals surface area contributed by atoms with Crippen LogP contribution in [-0.4, -0.2) is 21.4 Å². The Bertz CT molecular complexity index is 357. The highest BCUT2D eigenvalue weighted by molar-refractivity contribution is 7.71. The van der Waals surface area contributed by atoms with E-state index in [0.29, 0.717) is 23.2 Å². The van der Waals surface area contributed by atoms with E-state index in [1.165, 1.54) is 0 Å². The van der Waals surface area contributed by atoms with Gasteiger partial charge in [-0.25, -0.2) is 4.39 Å². The van der Waals surface area contributed by atoms with Crippen LogP contribution in [0.25, 0.3) is 0 Å². The van der Waals surface area contributed by atoms with Crippen LogP contribution in [-0.2, 0) is 6.54 Å². The van der Waals surface area contributed by atoms with Gasteiger partial charge >= 0.3 is 0 Å². The maximum atomic E-state index is 12.2. The molecule has 13 heavy (non-hydrogen) atoms. The molecule has 2 rings (SSSR count). The van der Waals surface area contributed by atoms with E-state index >= 15 is 0 Å². The van der Waals surface area contributed by atoms with Gasteiger partial charge in [0.1, 0.15) is 12.5 Å². The summed E-state index contributed by atoms with van der Waals surface area (Å²) in [6.45, 7) is 2.11. The molecular weight excluding hydrogens is 189 g/mol. The van der Waals surface area contributed by atoms with Gasteiger partial charge in [0.15, 0.2) is 4.77 Å². The predicted octanol–water partition coefficient (Wildman–Crippen LogP) is 2.03. The Balaban J connectivity index is 2.29. The molecular formula is C8H12FN3S. The molecule has 1 heterocycles. The summed E-state index contributed by atoms with van der Waals surface area (Å²) in [5, 5.41) is 6.84. The summed E-state index contributed by atoms with van der Waals surface area (Å²) in [5.74, 6) is 2.08. The first-order valence-electron chi connectivity index (χ1n) is 4.45. The lowest BCUT2D eigenvalue weighted by molar-refractivity contribution is 0.436. The number of hydrogen-bond acceptors (Lipinski definition) is 2. The van der Waals surface area contributed by atoms with Crippen LogP contribution in [0.5, 0.6) is 0 Å². The maximum absolute atomic E-state index is 12.2. The van der Waals surface area contributed by atoms with Crippen LogP contribution in [0.2, 0.25) is 0 Å². The SMILES string of the molecule is CC1CC1c1n[nH]c(=S)n1CCF. The zero-order chi connectivity index (χ0) is 9.42. The topological polar surface area (TPSA) is 33.6 Å². The van der Waals surface area contributed by atoms with Crippen LogP contribution in [0.1, 0.15) is 25.1 Å². The van der Waals surface area contributed by atoms with E-state index in [2.05, 4.69) is 17.1 Å². The molecule has 1 aromatic rings. The second kappa shape index (κ2) is 3.21. The van der Waals surface area contributed by atoms with E-state index in [1.54, 1.807) is 4.57 Å². The van der Waals surface area contributed by atoms with Gasteiger partial charge in [-0.1, -0.05) is 6.92 Å². The van der Waals surface area contributed by atoms with Gasteiger partial charge in [-0.2, -0.15) is 5.10 Å². The Labute approximate surface area is 81.0 Å². The number of H-pyrrole nitrogens is 1. The highest BCUT2D eigenvalue weighted by atomic mass is 32.1. The average Bonchev–Trinajstić information content (AvgIpc) is 2.70. The van der Waals surface area contributed by atoms with E-state index in [9.17, 15) is 4.39 Å². The standard InChI is InChI=1S/C8H12FN3S/c1-5-4-6(5)7-10-11-8(13)12(7)3-2-9/h5-6H,2-4H2,1H3,(H,11,13). The third-order valence-corrected chi connectivity index (χ3v) is 2.85. The average molecular weight is 201 g/mol. The molecule has 0 bridgehead atoms. The highest BCUT2D eigenvalue weighted by Crippen LogP contribution is 2.45.